The topological polar surface area (TPSA) is 32.8 Å². The van der Waals surface area contributed by atoms with E-state index in [1.807, 2.05) is 38.1 Å². The third kappa shape index (κ3) is 6.58. The largest absolute Gasteiger partial charge is 0.416 e. The van der Waals surface area contributed by atoms with Crippen LogP contribution in [0, 0.1) is 0 Å². The summed E-state index contributed by atoms with van der Waals surface area (Å²) in [7, 11) is 0. The van der Waals surface area contributed by atoms with Crippen molar-refractivity contribution >= 4 is 5.91 Å². The Morgan fingerprint density at radius 1 is 0.897 bits per heavy atom. The van der Waals surface area contributed by atoms with Crippen LogP contribution in [0.15, 0.2) is 48.5 Å². The molecule has 158 valence electrons. The molecule has 0 radical (unpaired) electrons. The van der Waals surface area contributed by atoms with Crippen molar-refractivity contribution in [2.75, 3.05) is 19.8 Å². The average molecular weight is 408 g/mol. The fourth-order valence-corrected chi connectivity index (χ4v) is 2.76. The summed E-state index contributed by atoms with van der Waals surface area (Å²) in [5, 5.41) is 1.37. The van der Waals surface area contributed by atoms with E-state index in [9.17, 15) is 18.0 Å². The van der Waals surface area contributed by atoms with Crippen LogP contribution in [0.2, 0.25) is 0 Å². The van der Waals surface area contributed by atoms with Crippen molar-refractivity contribution < 1.29 is 22.8 Å². The van der Waals surface area contributed by atoms with Gasteiger partial charge in [-0.15, -0.1) is 0 Å². The predicted octanol–water partition coefficient (Wildman–Crippen LogP) is 5.34. The second-order valence-corrected chi connectivity index (χ2v) is 6.62. The summed E-state index contributed by atoms with van der Waals surface area (Å²) >= 11 is 0. The van der Waals surface area contributed by atoms with E-state index in [4.69, 9.17) is 4.84 Å². The lowest BCUT2D eigenvalue weighted by atomic mass is 10.0. The number of hydrogen-bond acceptors (Lipinski definition) is 3. The third-order valence-electron chi connectivity index (χ3n) is 4.70. The lowest BCUT2D eigenvalue weighted by Gasteiger charge is -2.25. The molecule has 0 spiro atoms. The van der Waals surface area contributed by atoms with Crippen LogP contribution in [0.1, 0.15) is 38.3 Å². The molecule has 2 rings (SSSR count). The van der Waals surface area contributed by atoms with Crippen molar-refractivity contribution in [3.8, 4) is 11.1 Å². The van der Waals surface area contributed by atoms with Gasteiger partial charge < -0.3 is 0 Å². The van der Waals surface area contributed by atoms with E-state index in [1.54, 1.807) is 6.92 Å². The summed E-state index contributed by atoms with van der Waals surface area (Å²) in [6.07, 6.45) is -4.01. The van der Waals surface area contributed by atoms with Crippen LogP contribution in [0.5, 0.6) is 0 Å². The number of hydrogen-bond donors (Lipinski definition) is 0. The molecule has 0 saturated heterocycles. The molecule has 2 aromatic carbocycles. The number of carbonyl (C=O) groups is 1. The number of nitrogens with zero attached hydrogens (tertiary/aromatic N) is 2. The molecule has 0 aliphatic carbocycles. The van der Waals surface area contributed by atoms with Crippen molar-refractivity contribution in [1.29, 1.82) is 0 Å². The minimum Gasteiger partial charge on any atom is -0.279 e. The quantitative estimate of drug-likeness (QED) is 0.415. The van der Waals surface area contributed by atoms with Crippen molar-refractivity contribution in [3.05, 3.63) is 59.7 Å². The van der Waals surface area contributed by atoms with Gasteiger partial charge in [-0.1, -0.05) is 57.2 Å². The Labute approximate surface area is 169 Å². The smallest absolute Gasteiger partial charge is 0.279 e. The molecular formula is C22H27F3N2O2. The molecule has 0 fully saturated rings. The van der Waals surface area contributed by atoms with Crippen molar-refractivity contribution in [2.45, 2.75) is 39.9 Å². The lowest BCUT2D eigenvalue weighted by Crippen LogP contribution is -2.36. The van der Waals surface area contributed by atoms with E-state index in [1.165, 1.54) is 17.2 Å². The first kappa shape index (κ1) is 22.9. The summed E-state index contributed by atoms with van der Waals surface area (Å²) in [4.78, 5) is 20.0. The molecule has 0 atom stereocenters. The predicted molar refractivity (Wildman–Crippen MR) is 107 cm³/mol. The molecule has 4 nitrogen and oxygen atoms in total. The second kappa shape index (κ2) is 10.4. The fraction of sp³-hybridized carbons (Fsp3) is 0.409. The van der Waals surface area contributed by atoms with Gasteiger partial charge in [0.2, 0.25) is 5.91 Å². The second-order valence-electron chi connectivity index (χ2n) is 6.62. The van der Waals surface area contributed by atoms with Gasteiger partial charge >= 0.3 is 6.18 Å². The molecule has 0 N–H and O–H groups in total. The first-order valence-electron chi connectivity index (χ1n) is 9.70. The highest BCUT2D eigenvalue weighted by Crippen LogP contribution is 2.31. The summed E-state index contributed by atoms with van der Waals surface area (Å²) < 4.78 is 38.1. The summed E-state index contributed by atoms with van der Waals surface area (Å²) in [5.74, 6) is -0.107. The van der Waals surface area contributed by atoms with Gasteiger partial charge in [-0.3, -0.25) is 14.5 Å². The minimum atomic E-state index is -4.34. The van der Waals surface area contributed by atoms with Crippen LogP contribution < -0.4 is 0 Å². The van der Waals surface area contributed by atoms with E-state index >= 15 is 0 Å². The van der Waals surface area contributed by atoms with Crippen molar-refractivity contribution in [3.63, 3.8) is 0 Å². The van der Waals surface area contributed by atoms with Crippen LogP contribution in [0.3, 0.4) is 0 Å². The Bertz CT molecular complexity index is 770. The highest BCUT2D eigenvalue weighted by molar-refractivity contribution is 5.74. The third-order valence-corrected chi connectivity index (χ3v) is 4.70. The maximum Gasteiger partial charge on any atom is 0.416 e. The van der Waals surface area contributed by atoms with Crippen molar-refractivity contribution in [2.24, 2.45) is 0 Å². The highest BCUT2D eigenvalue weighted by atomic mass is 19.4. The SMILES string of the molecule is CCC(=O)N(Cc1ccc(-c2ccc(C(F)(F)F)cc2)cc1)OCN(CC)CC. The maximum atomic E-state index is 12.7. The van der Waals surface area contributed by atoms with Crippen LogP contribution >= 0.6 is 0 Å². The first-order valence-corrected chi connectivity index (χ1v) is 9.70. The zero-order valence-electron chi connectivity index (χ0n) is 17.0. The molecule has 7 heteroatoms. The Morgan fingerprint density at radius 3 is 1.86 bits per heavy atom. The minimum absolute atomic E-state index is 0.107. The van der Waals surface area contributed by atoms with Gasteiger partial charge in [0.1, 0.15) is 6.73 Å². The molecule has 1 amide bonds. The van der Waals surface area contributed by atoms with Gasteiger partial charge in [0.05, 0.1) is 12.1 Å². The zero-order chi connectivity index (χ0) is 21.4. The van der Waals surface area contributed by atoms with E-state index in [-0.39, 0.29) is 5.91 Å². The zero-order valence-corrected chi connectivity index (χ0v) is 17.0. The Balaban J connectivity index is 2.08. The number of hydroxylamine groups is 2. The molecule has 29 heavy (non-hydrogen) atoms. The standard InChI is InChI=1S/C22H27F3N2O2/c1-4-21(28)27(29-16-26(5-2)6-3)15-17-7-9-18(10-8-17)19-11-13-20(14-12-19)22(23,24)25/h7-14H,4-6,15-16H2,1-3H3. The first-order chi connectivity index (χ1) is 13.8. The van der Waals surface area contributed by atoms with Gasteiger partial charge in [-0.05, 0) is 41.9 Å². The van der Waals surface area contributed by atoms with Crippen LogP contribution in [-0.4, -0.2) is 35.7 Å². The summed E-state index contributed by atoms with van der Waals surface area (Å²) in [6, 6.07) is 12.4. The highest BCUT2D eigenvalue weighted by Gasteiger charge is 2.29. The number of benzene rings is 2. The number of carbonyl (C=O) groups excluding carboxylic acids is 1. The van der Waals surface area contributed by atoms with Gasteiger partial charge in [0, 0.05) is 6.42 Å². The summed E-state index contributed by atoms with van der Waals surface area (Å²) in [5.41, 5.74) is 1.71. The Kier molecular flexibility index (Phi) is 8.22. The molecule has 0 heterocycles. The van der Waals surface area contributed by atoms with Gasteiger partial charge in [-0.25, -0.2) is 5.06 Å². The van der Waals surface area contributed by atoms with E-state index in [2.05, 4.69) is 4.90 Å². The van der Waals surface area contributed by atoms with Gasteiger partial charge in [0.25, 0.3) is 0 Å². The molecule has 0 aliphatic rings. The Morgan fingerprint density at radius 2 is 1.41 bits per heavy atom. The van der Waals surface area contributed by atoms with E-state index in [0.717, 1.165) is 36.3 Å². The molecule has 0 aliphatic heterocycles. The van der Waals surface area contributed by atoms with E-state index in [0.29, 0.717) is 25.3 Å². The van der Waals surface area contributed by atoms with E-state index < -0.39 is 11.7 Å². The van der Waals surface area contributed by atoms with Crippen LogP contribution in [0.4, 0.5) is 13.2 Å². The van der Waals surface area contributed by atoms with Crippen LogP contribution in [0.25, 0.3) is 11.1 Å². The molecule has 2 aromatic rings. The van der Waals surface area contributed by atoms with Gasteiger partial charge in [-0.2, -0.15) is 13.2 Å². The normalized spacial score (nSPS) is 11.7. The molecule has 0 aromatic heterocycles. The molecule has 0 bridgehead atoms. The summed E-state index contributed by atoms with van der Waals surface area (Å²) in [6.45, 7) is 8.13. The molecular weight excluding hydrogens is 381 g/mol. The average Bonchev–Trinajstić information content (AvgIpc) is 2.73. The number of amides is 1. The van der Waals surface area contributed by atoms with Crippen LogP contribution in [-0.2, 0) is 22.4 Å². The Hall–Kier alpha value is -2.38. The fourth-order valence-electron chi connectivity index (χ4n) is 2.76. The number of rotatable bonds is 9. The molecule has 0 saturated carbocycles. The molecule has 0 unspecified atom stereocenters. The maximum absolute atomic E-state index is 12.7. The number of alkyl halides is 3. The number of halogens is 3. The lowest BCUT2D eigenvalue weighted by molar-refractivity contribution is -0.206. The van der Waals surface area contributed by atoms with Crippen molar-refractivity contribution in [1.82, 2.24) is 9.96 Å². The van der Waals surface area contributed by atoms with Gasteiger partial charge in [0.15, 0.2) is 0 Å². The monoisotopic (exact) mass is 408 g/mol.